The van der Waals surface area contributed by atoms with E-state index >= 15 is 0 Å². The Labute approximate surface area is 134 Å². The van der Waals surface area contributed by atoms with Crippen molar-refractivity contribution >= 4 is 0 Å². The van der Waals surface area contributed by atoms with Crippen molar-refractivity contribution in [1.29, 1.82) is 0 Å². The Hall–Kier alpha value is -0.910. The summed E-state index contributed by atoms with van der Waals surface area (Å²) in [6.45, 7) is 11.9. The number of ether oxygens (including phenoxy) is 1. The fourth-order valence-electron chi connectivity index (χ4n) is 3.91. The molecule has 1 aromatic heterocycles. The second kappa shape index (κ2) is 6.69. The quantitative estimate of drug-likeness (QED) is 0.852. The standard InChI is InChI=1S/C17H30N4O/c1-15(2)21-9-10-22-14-17(13-21)5-4-7-20(12-17)11-16-18-6-8-19(16)3/h6,8,15H,4-5,7,9-14H2,1-3H3. The maximum Gasteiger partial charge on any atom is 0.122 e. The average molecular weight is 306 g/mol. The normalized spacial score (nSPS) is 28.4. The van der Waals surface area contributed by atoms with Crippen LogP contribution in [0.25, 0.3) is 0 Å². The first-order chi connectivity index (χ1) is 10.6. The Morgan fingerprint density at radius 3 is 2.91 bits per heavy atom. The summed E-state index contributed by atoms with van der Waals surface area (Å²) >= 11 is 0. The summed E-state index contributed by atoms with van der Waals surface area (Å²) in [6.07, 6.45) is 6.47. The van der Waals surface area contributed by atoms with Crippen molar-refractivity contribution in [1.82, 2.24) is 19.4 Å². The minimum atomic E-state index is 0.296. The highest BCUT2D eigenvalue weighted by molar-refractivity contribution is 4.96. The smallest absolute Gasteiger partial charge is 0.122 e. The maximum absolute atomic E-state index is 5.99. The number of nitrogens with zero attached hydrogens (tertiary/aromatic N) is 4. The molecule has 1 aromatic rings. The summed E-state index contributed by atoms with van der Waals surface area (Å²) in [5.74, 6) is 1.16. The van der Waals surface area contributed by atoms with Crippen LogP contribution in [-0.4, -0.2) is 64.8 Å². The van der Waals surface area contributed by atoms with E-state index in [0.29, 0.717) is 11.5 Å². The van der Waals surface area contributed by atoms with Gasteiger partial charge in [-0.1, -0.05) is 0 Å². The van der Waals surface area contributed by atoms with Crippen molar-refractivity contribution in [2.75, 3.05) is 39.4 Å². The van der Waals surface area contributed by atoms with Gasteiger partial charge in [0, 0.05) is 50.5 Å². The number of hydrogen-bond donors (Lipinski definition) is 0. The van der Waals surface area contributed by atoms with Crippen LogP contribution in [0.1, 0.15) is 32.5 Å². The Morgan fingerprint density at radius 1 is 1.32 bits per heavy atom. The Balaban J connectivity index is 1.69. The molecule has 2 fully saturated rings. The predicted octanol–water partition coefficient (Wildman–Crippen LogP) is 1.74. The van der Waals surface area contributed by atoms with Gasteiger partial charge in [0.2, 0.25) is 0 Å². The highest BCUT2D eigenvalue weighted by Gasteiger charge is 2.39. The molecule has 5 heteroatoms. The number of likely N-dealkylation sites (tertiary alicyclic amines) is 1. The highest BCUT2D eigenvalue weighted by Crippen LogP contribution is 2.34. The second-order valence-electron chi connectivity index (χ2n) is 7.39. The molecule has 0 radical (unpaired) electrons. The van der Waals surface area contributed by atoms with Crippen LogP contribution >= 0.6 is 0 Å². The summed E-state index contributed by atoms with van der Waals surface area (Å²) in [4.78, 5) is 9.65. The van der Waals surface area contributed by atoms with Crippen molar-refractivity contribution in [2.24, 2.45) is 12.5 Å². The molecule has 0 amide bonds. The average Bonchev–Trinajstić information content (AvgIpc) is 2.77. The van der Waals surface area contributed by atoms with Gasteiger partial charge in [-0.3, -0.25) is 9.80 Å². The van der Waals surface area contributed by atoms with Gasteiger partial charge >= 0.3 is 0 Å². The van der Waals surface area contributed by atoms with Crippen LogP contribution < -0.4 is 0 Å². The number of piperidine rings is 1. The molecule has 5 nitrogen and oxygen atoms in total. The number of aryl methyl sites for hydroxylation is 1. The lowest BCUT2D eigenvalue weighted by Gasteiger charge is -2.44. The van der Waals surface area contributed by atoms with Crippen LogP contribution in [0.3, 0.4) is 0 Å². The van der Waals surface area contributed by atoms with E-state index in [9.17, 15) is 0 Å². The molecule has 0 aliphatic carbocycles. The molecular formula is C17H30N4O. The van der Waals surface area contributed by atoms with Gasteiger partial charge < -0.3 is 9.30 Å². The van der Waals surface area contributed by atoms with Gasteiger partial charge in [0.25, 0.3) is 0 Å². The van der Waals surface area contributed by atoms with Gasteiger partial charge in [0.15, 0.2) is 0 Å². The SMILES string of the molecule is CC(C)N1CCOCC2(CCCN(Cc3nccn3C)C2)C1. The third-order valence-electron chi connectivity index (χ3n) is 5.23. The molecule has 1 unspecified atom stereocenters. The molecule has 0 bridgehead atoms. The number of hydrogen-bond acceptors (Lipinski definition) is 4. The van der Waals surface area contributed by atoms with Crippen molar-refractivity contribution in [3.63, 3.8) is 0 Å². The lowest BCUT2D eigenvalue weighted by atomic mass is 9.80. The first-order valence-electron chi connectivity index (χ1n) is 8.58. The van der Waals surface area contributed by atoms with Crippen LogP contribution in [0.2, 0.25) is 0 Å². The Bertz CT molecular complexity index is 487. The van der Waals surface area contributed by atoms with Crippen LogP contribution in [0.5, 0.6) is 0 Å². The van der Waals surface area contributed by atoms with Crippen LogP contribution in [-0.2, 0) is 18.3 Å². The van der Waals surface area contributed by atoms with Crippen LogP contribution in [0, 0.1) is 5.41 Å². The third kappa shape index (κ3) is 3.53. The van der Waals surface area contributed by atoms with E-state index in [-0.39, 0.29) is 0 Å². The molecule has 124 valence electrons. The molecule has 3 rings (SSSR count). The fourth-order valence-corrected chi connectivity index (χ4v) is 3.91. The summed E-state index contributed by atoms with van der Waals surface area (Å²) in [5, 5.41) is 0. The molecule has 22 heavy (non-hydrogen) atoms. The molecule has 2 aliphatic heterocycles. The largest absolute Gasteiger partial charge is 0.379 e. The van der Waals surface area contributed by atoms with Crippen molar-refractivity contribution in [3.05, 3.63) is 18.2 Å². The van der Waals surface area contributed by atoms with Crippen molar-refractivity contribution in [3.8, 4) is 0 Å². The molecule has 1 atom stereocenters. The zero-order valence-electron chi connectivity index (χ0n) is 14.3. The van der Waals surface area contributed by atoms with Gasteiger partial charge in [-0.05, 0) is 33.2 Å². The molecule has 2 aliphatic rings. The molecule has 2 saturated heterocycles. The fraction of sp³-hybridized carbons (Fsp3) is 0.824. The summed E-state index contributed by atoms with van der Waals surface area (Å²) < 4.78 is 8.12. The van der Waals surface area contributed by atoms with E-state index in [1.807, 2.05) is 12.4 Å². The monoisotopic (exact) mass is 306 g/mol. The lowest BCUT2D eigenvalue weighted by molar-refractivity contribution is 0.00000245. The Morgan fingerprint density at radius 2 is 2.18 bits per heavy atom. The molecule has 3 heterocycles. The van der Waals surface area contributed by atoms with E-state index in [4.69, 9.17) is 4.74 Å². The van der Waals surface area contributed by atoms with E-state index < -0.39 is 0 Å². The van der Waals surface area contributed by atoms with Gasteiger partial charge in [0.1, 0.15) is 5.82 Å². The van der Waals surface area contributed by atoms with E-state index in [2.05, 4.69) is 40.2 Å². The highest BCUT2D eigenvalue weighted by atomic mass is 16.5. The first-order valence-corrected chi connectivity index (χ1v) is 8.58. The van der Waals surface area contributed by atoms with Crippen molar-refractivity contribution < 1.29 is 4.74 Å². The molecule has 0 saturated carbocycles. The predicted molar refractivity (Wildman–Crippen MR) is 87.7 cm³/mol. The lowest BCUT2D eigenvalue weighted by Crippen LogP contribution is -2.51. The second-order valence-corrected chi connectivity index (χ2v) is 7.39. The Kier molecular flexibility index (Phi) is 4.85. The molecule has 1 spiro atoms. The van der Waals surface area contributed by atoms with Gasteiger partial charge in [-0.25, -0.2) is 4.98 Å². The molecule has 0 N–H and O–H groups in total. The third-order valence-corrected chi connectivity index (χ3v) is 5.23. The van der Waals surface area contributed by atoms with Crippen molar-refractivity contribution in [2.45, 2.75) is 39.3 Å². The van der Waals surface area contributed by atoms with E-state index in [1.54, 1.807) is 0 Å². The zero-order chi connectivity index (χ0) is 15.6. The molecule has 0 aromatic carbocycles. The minimum absolute atomic E-state index is 0.296. The first kappa shape index (κ1) is 16.0. The van der Waals surface area contributed by atoms with Crippen LogP contribution in [0.4, 0.5) is 0 Å². The van der Waals surface area contributed by atoms with Gasteiger partial charge in [0.05, 0.1) is 19.8 Å². The number of aromatic nitrogens is 2. The number of imidazole rings is 1. The topological polar surface area (TPSA) is 33.5 Å². The number of rotatable bonds is 3. The molecular weight excluding hydrogens is 276 g/mol. The maximum atomic E-state index is 5.99. The summed E-state index contributed by atoms with van der Waals surface area (Å²) in [7, 11) is 2.08. The van der Waals surface area contributed by atoms with Gasteiger partial charge in [-0.2, -0.15) is 0 Å². The van der Waals surface area contributed by atoms with Gasteiger partial charge in [-0.15, -0.1) is 0 Å². The zero-order valence-corrected chi connectivity index (χ0v) is 14.3. The van der Waals surface area contributed by atoms with E-state index in [1.165, 1.54) is 25.9 Å². The summed E-state index contributed by atoms with van der Waals surface area (Å²) in [6, 6.07) is 0.600. The summed E-state index contributed by atoms with van der Waals surface area (Å²) in [5.41, 5.74) is 0.296. The van der Waals surface area contributed by atoms with E-state index in [0.717, 1.165) is 38.7 Å². The minimum Gasteiger partial charge on any atom is -0.379 e. The van der Waals surface area contributed by atoms with Crippen LogP contribution in [0.15, 0.2) is 12.4 Å².